The van der Waals surface area contributed by atoms with Gasteiger partial charge in [-0.2, -0.15) is 13.2 Å². The Balaban J connectivity index is 1.98. The number of pyridine rings is 1. The van der Waals surface area contributed by atoms with E-state index in [-0.39, 0.29) is 4.90 Å². The van der Waals surface area contributed by atoms with Crippen molar-refractivity contribution in [3.05, 3.63) is 60.4 Å². The lowest BCUT2D eigenvalue weighted by Gasteiger charge is -2.10. The molecule has 0 spiro atoms. The molecule has 0 saturated heterocycles. The number of amides is 1. The van der Waals surface area contributed by atoms with Crippen LogP contribution in [-0.2, 0) is 14.8 Å². The first-order valence-electron chi connectivity index (χ1n) is 7.21. The van der Waals surface area contributed by atoms with Gasteiger partial charge in [-0.15, -0.1) is 0 Å². The van der Waals surface area contributed by atoms with Gasteiger partial charge in [-0.25, -0.2) is 13.1 Å². The van der Waals surface area contributed by atoms with Gasteiger partial charge < -0.3 is 5.32 Å². The summed E-state index contributed by atoms with van der Waals surface area (Å²) in [7, 11) is -4.29. The Labute approximate surface area is 147 Å². The van der Waals surface area contributed by atoms with E-state index in [2.05, 4.69) is 10.3 Å². The molecule has 0 atom stereocenters. The van der Waals surface area contributed by atoms with Crippen LogP contribution < -0.4 is 10.0 Å². The summed E-state index contributed by atoms with van der Waals surface area (Å²) < 4.78 is 61.3. The van der Waals surface area contributed by atoms with E-state index in [0.717, 1.165) is 17.7 Å². The van der Waals surface area contributed by atoms with E-state index in [0.29, 0.717) is 5.69 Å². The van der Waals surface area contributed by atoms with Crippen LogP contribution in [0.2, 0.25) is 0 Å². The molecule has 0 unspecified atom stereocenters. The maximum atomic E-state index is 12.1. The monoisotopic (exact) mass is 385 g/mol. The Morgan fingerprint density at radius 1 is 1.08 bits per heavy atom. The summed E-state index contributed by atoms with van der Waals surface area (Å²) in [5, 5.41) is 2.51. The lowest BCUT2D eigenvalue weighted by atomic mass is 10.2. The summed E-state index contributed by atoms with van der Waals surface area (Å²) in [6.07, 6.45) is 1.34. The topological polar surface area (TPSA) is 88.2 Å². The summed E-state index contributed by atoms with van der Waals surface area (Å²) in [4.78, 5) is 15.3. The first kappa shape index (κ1) is 19.6. The lowest BCUT2D eigenvalue weighted by Crippen LogP contribution is -2.33. The molecule has 1 amide bonds. The minimum absolute atomic E-state index is 0.296. The first-order chi connectivity index (χ1) is 12.2. The molecule has 1 heterocycles. The smallest absolute Gasteiger partial charge is 0.323 e. The van der Waals surface area contributed by atoms with E-state index in [1.54, 1.807) is 30.6 Å². The number of hydrogen-bond acceptors (Lipinski definition) is 4. The fourth-order valence-electron chi connectivity index (χ4n) is 1.81. The second-order valence-corrected chi connectivity index (χ2v) is 6.83. The number of aromatic nitrogens is 1. The van der Waals surface area contributed by atoms with E-state index in [1.807, 2.05) is 0 Å². The van der Waals surface area contributed by atoms with Gasteiger partial charge in [0.15, 0.2) is 0 Å². The number of alkyl halides is 3. The second kappa shape index (κ2) is 8.11. The van der Waals surface area contributed by atoms with Gasteiger partial charge in [0.05, 0.1) is 4.90 Å². The van der Waals surface area contributed by atoms with Crippen molar-refractivity contribution in [1.29, 1.82) is 0 Å². The zero-order valence-corrected chi connectivity index (χ0v) is 14.0. The molecule has 10 heteroatoms. The van der Waals surface area contributed by atoms with Gasteiger partial charge in [0, 0.05) is 24.2 Å². The Kier molecular flexibility index (Phi) is 6.11. The number of halogens is 3. The molecule has 1 aromatic heterocycles. The third-order valence-corrected chi connectivity index (χ3v) is 4.45. The highest BCUT2D eigenvalue weighted by Gasteiger charge is 2.29. The molecule has 0 aliphatic heterocycles. The highest BCUT2D eigenvalue weighted by Crippen LogP contribution is 2.17. The largest absolute Gasteiger partial charge is 0.402 e. The molecule has 1 aromatic carbocycles. The van der Waals surface area contributed by atoms with E-state index >= 15 is 0 Å². The van der Waals surface area contributed by atoms with Crippen LogP contribution in [0.15, 0.2) is 59.8 Å². The van der Waals surface area contributed by atoms with Gasteiger partial charge in [0.2, 0.25) is 15.9 Å². The van der Waals surface area contributed by atoms with Crippen molar-refractivity contribution >= 4 is 27.7 Å². The third kappa shape index (κ3) is 6.30. The van der Waals surface area contributed by atoms with E-state index < -0.39 is 28.7 Å². The molecule has 6 nitrogen and oxygen atoms in total. The Morgan fingerprint density at radius 2 is 1.69 bits per heavy atom. The van der Waals surface area contributed by atoms with Gasteiger partial charge in [0.25, 0.3) is 0 Å². The lowest BCUT2D eigenvalue weighted by molar-refractivity contribution is -0.121. The van der Waals surface area contributed by atoms with Crippen molar-refractivity contribution in [1.82, 2.24) is 9.71 Å². The first-order valence-corrected chi connectivity index (χ1v) is 8.70. The molecular formula is C16H14F3N3O3S. The van der Waals surface area contributed by atoms with Crippen LogP contribution in [0.1, 0.15) is 5.56 Å². The SMILES string of the molecule is O=C(/C=C/c1ccncc1)Nc1ccc(S(=O)(=O)NCC(F)(F)F)cc1. The van der Waals surface area contributed by atoms with Gasteiger partial charge in [0.1, 0.15) is 6.54 Å². The molecular weight excluding hydrogens is 371 g/mol. The zero-order chi connectivity index (χ0) is 19.2. The van der Waals surface area contributed by atoms with E-state index in [9.17, 15) is 26.4 Å². The maximum Gasteiger partial charge on any atom is 0.402 e. The number of hydrogen-bond donors (Lipinski definition) is 2. The number of benzene rings is 1. The number of rotatable bonds is 6. The highest BCUT2D eigenvalue weighted by molar-refractivity contribution is 7.89. The van der Waals surface area contributed by atoms with Crippen LogP contribution in [-0.4, -0.2) is 32.0 Å². The van der Waals surface area contributed by atoms with Gasteiger partial charge in [-0.1, -0.05) is 0 Å². The van der Waals surface area contributed by atoms with Crippen LogP contribution >= 0.6 is 0 Å². The molecule has 0 radical (unpaired) electrons. The molecule has 26 heavy (non-hydrogen) atoms. The quantitative estimate of drug-likeness (QED) is 0.748. The normalized spacial score (nSPS) is 12.3. The fraction of sp³-hybridized carbons (Fsp3) is 0.125. The molecule has 2 rings (SSSR count). The molecule has 0 aliphatic carbocycles. The number of anilines is 1. The third-order valence-electron chi connectivity index (χ3n) is 3.03. The second-order valence-electron chi connectivity index (χ2n) is 5.07. The molecule has 138 valence electrons. The summed E-state index contributed by atoms with van der Waals surface area (Å²) in [6.45, 7) is -1.66. The number of carbonyl (C=O) groups excluding carboxylic acids is 1. The molecule has 0 aliphatic rings. The van der Waals surface area contributed by atoms with E-state index in [1.165, 1.54) is 22.9 Å². The Bertz CT molecular complexity index is 880. The highest BCUT2D eigenvalue weighted by atomic mass is 32.2. The average Bonchev–Trinajstić information content (AvgIpc) is 2.59. The minimum Gasteiger partial charge on any atom is -0.323 e. The summed E-state index contributed by atoms with van der Waals surface area (Å²) in [5.74, 6) is -0.451. The summed E-state index contributed by atoms with van der Waals surface area (Å²) in [5.41, 5.74) is 1.07. The molecule has 0 fully saturated rings. The summed E-state index contributed by atoms with van der Waals surface area (Å²) in [6, 6.07) is 8.16. The minimum atomic E-state index is -4.65. The van der Waals surface area contributed by atoms with Gasteiger partial charge >= 0.3 is 6.18 Å². The van der Waals surface area contributed by atoms with Crippen molar-refractivity contribution in [3.8, 4) is 0 Å². The zero-order valence-electron chi connectivity index (χ0n) is 13.2. The standard InChI is InChI=1S/C16H14F3N3O3S/c17-16(18,19)11-21-26(24,25)14-4-2-13(3-5-14)22-15(23)6-1-12-7-9-20-10-8-12/h1-10,21H,11H2,(H,22,23)/b6-1+. The maximum absolute atomic E-state index is 12.1. The number of nitrogens with zero attached hydrogens (tertiary/aromatic N) is 1. The van der Waals surface area contributed by atoms with E-state index in [4.69, 9.17) is 0 Å². The van der Waals surface area contributed by atoms with Crippen LogP contribution in [0.25, 0.3) is 6.08 Å². The van der Waals surface area contributed by atoms with Crippen molar-refractivity contribution in [2.24, 2.45) is 0 Å². The average molecular weight is 385 g/mol. The van der Waals surface area contributed by atoms with Gasteiger partial charge in [-0.3, -0.25) is 9.78 Å². The van der Waals surface area contributed by atoms with Gasteiger partial charge in [-0.05, 0) is 48.0 Å². The van der Waals surface area contributed by atoms with Crippen LogP contribution in [0.3, 0.4) is 0 Å². The Hall–Kier alpha value is -2.72. The van der Waals surface area contributed by atoms with Crippen molar-refractivity contribution < 1.29 is 26.4 Å². The number of nitrogens with one attached hydrogen (secondary N) is 2. The van der Waals surface area contributed by atoms with Crippen LogP contribution in [0, 0.1) is 0 Å². The Morgan fingerprint density at radius 3 is 2.27 bits per heavy atom. The fourth-order valence-corrected chi connectivity index (χ4v) is 2.82. The van der Waals surface area contributed by atoms with Crippen molar-refractivity contribution in [2.45, 2.75) is 11.1 Å². The van der Waals surface area contributed by atoms with Crippen LogP contribution in [0.5, 0.6) is 0 Å². The molecule has 0 saturated carbocycles. The predicted octanol–water partition coefficient (Wildman–Crippen LogP) is 2.57. The van der Waals surface area contributed by atoms with Crippen molar-refractivity contribution in [3.63, 3.8) is 0 Å². The molecule has 0 bridgehead atoms. The molecule has 2 aromatic rings. The van der Waals surface area contributed by atoms with Crippen molar-refractivity contribution in [2.75, 3.05) is 11.9 Å². The van der Waals surface area contributed by atoms with Crippen LogP contribution in [0.4, 0.5) is 18.9 Å². The predicted molar refractivity (Wildman–Crippen MR) is 89.6 cm³/mol. The molecule has 2 N–H and O–H groups in total. The number of sulfonamides is 1. The summed E-state index contributed by atoms with van der Waals surface area (Å²) >= 11 is 0. The number of carbonyl (C=O) groups is 1.